The second-order valence-corrected chi connectivity index (χ2v) is 5.94. The third-order valence-corrected chi connectivity index (χ3v) is 3.51. The quantitative estimate of drug-likeness (QED) is 0.657. The maximum atomic E-state index is 12.4. The van der Waals surface area contributed by atoms with Gasteiger partial charge in [-0.25, -0.2) is 9.59 Å². The standard InChI is InChI=1S/C17H23N3O5/c1-9(2)13(16(23)25-11(4)14(21)20-17(18)24)19-15(22)12-8-6-5-7-10(12)3/h5-9,11,13H,1-4H3,(H,19,22)(H3,18,20,21,24)/t11-,13+/m1/s1. The summed E-state index contributed by atoms with van der Waals surface area (Å²) in [6.45, 7) is 6.56. The summed E-state index contributed by atoms with van der Waals surface area (Å²) in [6, 6.07) is 4.97. The van der Waals surface area contributed by atoms with Crippen LogP contribution in [0.3, 0.4) is 0 Å². The predicted molar refractivity (Wildman–Crippen MR) is 90.6 cm³/mol. The van der Waals surface area contributed by atoms with E-state index in [1.165, 1.54) is 6.92 Å². The van der Waals surface area contributed by atoms with Gasteiger partial charge in [0.25, 0.3) is 11.8 Å². The van der Waals surface area contributed by atoms with E-state index in [0.717, 1.165) is 5.56 Å². The molecule has 0 saturated carbocycles. The minimum absolute atomic E-state index is 0.271. The summed E-state index contributed by atoms with van der Waals surface area (Å²) in [5.74, 6) is -2.30. The molecule has 0 aliphatic rings. The molecule has 1 aromatic carbocycles. The Morgan fingerprint density at radius 3 is 2.20 bits per heavy atom. The van der Waals surface area contributed by atoms with Gasteiger partial charge >= 0.3 is 12.0 Å². The van der Waals surface area contributed by atoms with Crippen LogP contribution in [0.1, 0.15) is 36.7 Å². The Morgan fingerprint density at radius 1 is 1.08 bits per heavy atom. The Hall–Kier alpha value is -2.90. The summed E-state index contributed by atoms with van der Waals surface area (Å²) in [5.41, 5.74) is 6.06. The number of primary amides is 1. The number of rotatable bonds is 6. The van der Waals surface area contributed by atoms with Crippen LogP contribution < -0.4 is 16.4 Å². The average molecular weight is 349 g/mol. The van der Waals surface area contributed by atoms with Gasteiger partial charge in [0.05, 0.1) is 0 Å². The van der Waals surface area contributed by atoms with Crippen LogP contribution in [0.25, 0.3) is 0 Å². The number of benzene rings is 1. The van der Waals surface area contributed by atoms with Gasteiger partial charge in [-0.3, -0.25) is 14.9 Å². The molecule has 4 N–H and O–H groups in total. The zero-order chi connectivity index (χ0) is 19.1. The maximum Gasteiger partial charge on any atom is 0.329 e. The first-order chi connectivity index (χ1) is 11.6. The fourth-order valence-corrected chi connectivity index (χ4v) is 2.07. The molecular weight excluding hydrogens is 326 g/mol. The number of imide groups is 1. The first-order valence-corrected chi connectivity index (χ1v) is 7.80. The Bertz CT molecular complexity index is 672. The SMILES string of the molecule is Cc1ccccc1C(=O)N[C@H](C(=O)O[C@H](C)C(=O)NC(N)=O)C(C)C. The van der Waals surface area contributed by atoms with E-state index >= 15 is 0 Å². The van der Waals surface area contributed by atoms with Gasteiger partial charge in [0.1, 0.15) is 6.04 Å². The lowest BCUT2D eigenvalue weighted by Gasteiger charge is -2.23. The van der Waals surface area contributed by atoms with E-state index in [4.69, 9.17) is 10.5 Å². The van der Waals surface area contributed by atoms with E-state index in [9.17, 15) is 19.2 Å². The fourth-order valence-electron chi connectivity index (χ4n) is 2.07. The van der Waals surface area contributed by atoms with E-state index in [1.807, 2.05) is 5.32 Å². The van der Waals surface area contributed by atoms with Crippen molar-refractivity contribution in [2.24, 2.45) is 11.7 Å². The van der Waals surface area contributed by atoms with Crippen molar-refractivity contribution in [2.75, 3.05) is 0 Å². The van der Waals surface area contributed by atoms with Gasteiger partial charge in [0, 0.05) is 5.56 Å². The molecule has 0 spiro atoms. The predicted octanol–water partition coefficient (Wildman–Crippen LogP) is 0.876. The number of hydrogen-bond donors (Lipinski definition) is 3. The molecule has 0 aromatic heterocycles. The summed E-state index contributed by atoms with van der Waals surface area (Å²) >= 11 is 0. The largest absolute Gasteiger partial charge is 0.451 e. The Morgan fingerprint density at radius 2 is 1.68 bits per heavy atom. The monoisotopic (exact) mass is 349 g/mol. The van der Waals surface area contributed by atoms with Gasteiger partial charge in [-0.05, 0) is 31.4 Å². The molecule has 8 heteroatoms. The minimum atomic E-state index is -1.23. The summed E-state index contributed by atoms with van der Waals surface area (Å²) in [6.07, 6.45) is -1.23. The number of ether oxygens (including phenoxy) is 1. The normalized spacial score (nSPS) is 12.8. The number of hydrogen-bond acceptors (Lipinski definition) is 5. The van der Waals surface area contributed by atoms with Gasteiger partial charge in [0.15, 0.2) is 6.10 Å². The highest BCUT2D eigenvalue weighted by Crippen LogP contribution is 2.11. The lowest BCUT2D eigenvalue weighted by atomic mass is 10.0. The molecule has 0 radical (unpaired) electrons. The number of aryl methyl sites for hydroxylation is 1. The summed E-state index contributed by atoms with van der Waals surface area (Å²) in [5, 5.41) is 4.45. The van der Waals surface area contributed by atoms with Crippen LogP contribution in [0.2, 0.25) is 0 Å². The minimum Gasteiger partial charge on any atom is -0.451 e. The van der Waals surface area contributed by atoms with Crippen molar-refractivity contribution >= 4 is 23.8 Å². The number of nitrogens with one attached hydrogen (secondary N) is 2. The molecule has 0 unspecified atom stereocenters. The lowest BCUT2D eigenvalue weighted by Crippen LogP contribution is -2.48. The zero-order valence-electron chi connectivity index (χ0n) is 14.7. The third-order valence-electron chi connectivity index (χ3n) is 3.51. The molecule has 1 rings (SSSR count). The number of nitrogens with two attached hydrogens (primary N) is 1. The number of carbonyl (C=O) groups is 4. The summed E-state index contributed by atoms with van der Waals surface area (Å²) < 4.78 is 5.03. The van der Waals surface area contributed by atoms with Crippen molar-refractivity contribution < 1.29 is 23.9 Å². The summed E-state index contributed by atoms with van der Waals surface area (Å²) in [7, 11) is 0. The molecule has 4 amide bonds. The molecular formula is C17H23N3O5. The Balaban J connectivity index is 2.81. The highest BCUT2D eigenvalue weighted by Gasteiger charge is 2.29. The third kappa shape index (κ3) is 5.91. The van der Waals surface area contributed by atoms with Crippen LogP contribution in [-0.2, 0) is 14.3 Å². The number of esters is 1. The first kappa shape index (κ1) is 20.1. The molecule has 0 saturated heterocycles. The zero-order valence-corrected chi connectivity index (χ0v) is 14.7. The van der Waals surface area contributed by atoms with Crippen LogP contribution >= 0.6 is 0 Å². The van der Waals surface area contributed by atoms with Crippen molar-refractivity contribution in [1.82, 2.24) is 10.6 Å². The van der Waals surface area contributed by atoms with Crippen molar-refractivity contribution in [3.8, 4) is 0 Å². The van der Waals surface area contributed by atoms with E-state index in [1.54, 1.807) is 45.0 Å². The second-order valence-electron chi connectivity index (χ2n) is 5.94. The highest BCUT2D eigenvalue weighted by atomic mass is 16.5. The van der Waals surface area contributed by atoms with Gasteiger partial charge in [-0.2, -0.15) is 0 Å². The molecule has 0 heterocycles. The van der Waals surface area contributed by atoms with Crippen LogP contribution in [-0.4, -0.2) is 36.0 Å². The number of urea groups is 1. The van der Waals surface area contributed by atoms with Crippen LogP contribution in [0.15, 0.2) is 24.3 Å². The van der Waals surface area contributed by atoms with Gasteiger partial charge < -0.3 is 15.8 Å². The van der Waals surface area contributed by atoms with Crippen molar-refractivity contribution in [1.29, 1.82) is 0 Å². The molecule has 0 fully saturated rings. The molecule has 2 atom stereocenters. The maximum absolute atomic E-state index is 12.4. The number of carbonyl (C=O) groups excluding carboxylic acids is 4. The van der Waals surface area contributed by atoms with Crippen LogP contribution in [0.4, 0.5) is 4.79 Å². The molecule has 136 valence electrons. The molecule has 8 nitrogen and oxygen atoms in total. The van der Waals surface area contributed by atoms with Gasteiger partial charge in [-0.1, -0.05) is 32.0 Å². The lowest BCUT2D eigenvalue weighted by molar-refractivity contribution is -0.157. The summed E-state index contributed by atoms with van der Waals surface area (Å²) in [4.78, 5) is 47.0. The molecule has 0 aliphatic carbocycles. The first-order valence-electron chi connectivity index (χ1n) is 7.80. The van der Waals surface area contributed by atoms with Crippen LogP contribution in [0, 0.1) is 12.8 Å². The molecule has 25 heavy (non-hydrogen) atoms. The molecule has 0 bridgehead atoms. The van der Waals surface area contributed by atoms with Crippen molar-refractivity contribution in [3.63, 3.8) is 0 Å². The van der Waals surface area contributed by atoms with Gasteiger partial charge in [-0.15, -0.1) is 0 Å². The van der Waals surface area contributed by atoms with Gasteiger partial charge in [0.2, 0.25) is 0 Å². The number of amides is 4. The Kier molecular flexibility index (Phi) is 7.10. The van der Waals surface area contributed by atoms with E-state index in [2.05, 4.69) is 5.32 Å². The van der Waals surface area contributed by atoms with Crippen molar-refractivity contribution in [2.45, 2.75) is 39.8 Å². The van der Waals surface area contributed by atoms with E-state index in [0.29, 0.717) is 5.56 Å². The highest BCUT2D eigenvalue weighted by molar-refractivity contribution is 5.99. The smallest absolute Gasteiger partial charge is 0.329 e. The molecule has 0 aliphatic heterocycles. The topological polar surface area (TPSA) is 128 Å². The van der Waals surface area contributed by atoms with E-state index in [-0.39, 0.29) is 5.92 Å². The Labute approximate surface area is 146 Å². The average Bonchev–Trinajstić information content (AvgIpc) is 2.51. The molecule has 1 aromatic rings. The second kappa shape index (κ2) is 8.81. The fraction of sp³-hybridized carbons (Fsp3) is 0.412. The van der Waals surface area contributed by atoms with Crippen molar-refractivity contribution in [3.05, 3.63) is 35.4 Å². The van der Waals surface area contributed by atoms with E-state index < -0.39 is 36.0 Å². The van der Waals surface area contributed by atoms with Crippen LogP contribution in [0.5, 0.6) is 0 Å².